The van der Waals surface area contributed by atoms with Crippen LogP contribution in [0, 0.1) is 13.8 Å². The van der Waals surface area contributed by atoms with Gasteiger partial charge in [-0.05, 0) is 72.3 Å². The predicted molar refractivity (Wildman–Crippen MR) is 81.2 cm³/mol. The van der Waals surface area contributed by atoms with Crippen molar-refractivity contribution in [1.29, 1.82) is 0 Å². The van der Waals surface area contributed by atoms with Gasteiger partial charge in [0.1, 0.15) is 0 Å². The molecule has 3 rings (SSSR count). The Hall–Kier alpha value is -1.80. The van der Waals surface area contributed by atoms with E-state index >= 15 is 0 Å². The number of hydrogen-bond donors (Lipinski definition) is 2. The Kier molecular flexibility index (Phi) is 3.03. The third kappa shape index (κ3) is 2.13. The molecule has 0 aliphatic carbocycles. The lowest BCUT2D eigenvalue weighted by atomic mass is 9.86. The molecule has 0 amide bonds. The van der Waals surface area contributed by atoms with Crippen LogP contribution in [-0.4, -0.2) is 6.54 Å². The van der Waals surface area contributed by atoms with E-state index in [-0.39, 0.29) is 0 Å². The molecule has 2 aromatic rings. The second kappa shape index (κ2) is 4.71. The second-order valence-electron chi connectivity index (χ2n) is 5.38. The number of aryl methyl sites for hydroxylation is 1. The molecule has 3 N–H and O–H groups in total. The Labute approximate surface area is 114 Å². The fraction of sp³-hybridized carbons (Fsp3) is 0.294. The summed E-state index contributed by atoms with van der Waals surface area (Å²) in [6.07, 6.45) is 1.12. The minimum Gasteiger partial charge on any atom is -0.399 e. The number of benzene rings is 2. The average molecular weight is 252 g/mol. The average Bonchev–Trinajstić information content (AvgIpc) is 2.43. The zero-order chi connectivity index (χ0) is 13.4. The maximum absolute atomic E-state index is 5.91. The van der Waals surface area contributed by atoms with Gasteiger partial charge in [-0.3, -0.25) is 0 Å². The Balaban J connectivity index is 2.20. The molecule has 19 heavy (non-hydrogen) atoms. The summed E-state index contributed by atoms with van der Waals surface area (Å²) in [4.78, 5) is 0. The Morgan fingerprint density at radius 2 is 1.95 bits per heavy atom. The smallest absolute Gasteiger partial charge is 0.0320 e. The highest BCUT2D eigenvalue weighted by molar-refractivity contribution is 5.73. The summed E-state index contributed by atoms with van der Waals surface area (Å²) in [5.41, 5.74) is 15.1. The zero-order valence-corrected chi connectivity index (χ0v) is 11.6. The van der Waals surface area contributed by atoms with E-state index < -0.39 is 0 Å². The molecule has 2 heteroatoms. The number of rotatable bonds is 1. The van der Waals surface area contributed by atoms with Crippen molar-refractivity contribution in [3.8, 4) is 11.1 Å². The molecule has 0 spiro atoms. The van der Waals surface area contributed by atoms with Gasteiger partial charge in [-0.2, -0.15) is 0 Å². The van der Waals surface area contributed by atoms with Gasteiger partial charge >= 0.3 is 0 Å². The van der Waals surface area contributed by atoms with Gasteiger partial charge in [0.05, 0.1) is 0 Å². The molecule has 98 valence electrons. The van der Waals surface area contributed by atoms with Crippen LogP contribution < -0.4 is 11.1 Å². The topological polar surface area (TPSA) is 38.0 Å². The molecule has 0 atom stereocenters. The molecule has 0 saturated carbocycles. The molecule has 0 fully saturated rings. The van der Waals surface area contributed by atoms with E-state index in [1.807, 2.05) is 12.1 Å². The zero-order valence-electron chi connectivity index (χ0n) is 11.6. The van der Waals surface area contributed by atoms with E-state index in [9.17, 15) is 0 Å². The quantitative estimate of drug-likeness (QED) is 0.765. The van der Waals surface area contributed by atoms with Crippen molar-refractivity contribution in [3.05, 3.63) is 52.6 Å². The highest BCUT2D eigenvalue weighted by Crippen LogP contribution is 2.32. The molecule has 0 saturated heterocycles. The molecule has 0 radical (unpaired) electrons. The first-order valence-corrected chi connectivity index (χ1v) is 6.85. The monoisotopic (exact) mass is 252 g/mol. The summed E-state index contributed by atoms with van der Waals surface area (Å²) >= 11 is 0. The van der Waals surface area contributed by atoms with E-state index in [0.29, 0.717) is 0 Å². The fourth-order valence-corrected chi connectivity index (χ4v) is 3.06. The van der Waals surface area contributed by atoms with Gasteiger partial charge in [0.15, 0.2) is 0 Å². The van der Waals surface area contributed by atoms with Crippen LogP contribution in [-0.2, 0) is 13.0 Å². The van der Waals surface area contributed by atoms with Crippen molar-refractivity contribution in [2.45, 2.75) is 26.8 Å². The van der Waals surface area contributed by atoms with Crippen LogP contribution in [0.1, 0.15) is 22.3 Å². The van der Waals surface area contributed by atoms with Gasteiger partial charge in [0.25, 0.3) is 0 Å². The number of nitrogens with two attached hydrogens (primary N) is 1. The minimum absolute atomic E-state index is 0.828. The van der Waals surface area contributed by atoms with Crippen LogP contribution in [0.4, 0.5) is 5.69 Å². The molecular weight excluding hydrogens is 232 g/mol. The SMILES string of the molecule is Cc1cc(-c2cccc(N)c2)c(C)c2c1CNCC2. The predicted octanol–water partition coefficient (Wildman–Crippen LogP) is 3.20. The van der Waals surface area contributed by atoms with Crippen molar-refractivity contribution >= 4 is 5.69 Å². The number of nitrogens with one attached hydrogen (secondary N) is 1. The number of nitrogen functional groups attached to an aromatic ring is 1. The first-order valence-electron chi connectivity index (χ1n) is 6.85. The van der Waals surface area contributed by atoms with Gasteiger partial charge in [0.2, 0.25) is 0 Å². The minimum atomic E-state index is 0.828. The van der Waals surface area contributed by atoms with Crippen LogP contribution in [0.15, 0.2) is 30.3 Å². The second-order valence-corrected chi connectivity index (χ2v) is 5.38. The highest BCUT2D eigenvalue weighted by Gasteiger charge is 2.16. The summed E-state index contributed by atoms with van der Waals surface area (Å²) < 4.78 is 0. The van der Waals surface area contributed by atoms with Gasteiger partial charge in [-0.25, -0.2) is 0 Å². The summed E-state index contributed by atoms with van der Waals surface area (Å²) in [6, 6.07) is 10.5. The Morgan fingerprint density at radius 3 is 2.74 bits per heavy atom. The van der Waals surface area contributed by atoms with Crippen LogP contribution in [0.3, 0.4) is 0 Å². The summed E-state index contributed by atoms with van der Waals surface area (Å²) in [5.74, 6) is 0. The standard InChI is InChI=1S/C17H20N2/c1-11-8-16(13-4-3-5-14(18)9-13)12(2)15-6-7-19-10-17(11)15/h3-5,8-9,19H,6-7,10,18H2,1-2H3. The highest BCUT2D eigenvalue weighted by atomic mass is 14.9. The van der Waals surface area contributed by atoms with Crippen molar-refractivity contribution in [2.75, 3.05) is 12.3 Å². The Morgan fingerprint density at radius 1 is 1.11 bits per heavy atom. The van der Waals surface area contributed by atoms with Crippen molar-refractivity contribution in [3.63, 3.8) is 0 Å². The lowest BCUT2D eigenvalue weighted by molar-refractivity contribution is 0.638. The van der Waals surface area contributed by atoms with Gasteiger partial charge in [-0.15, -0.1) is 0 Å². The molecule has 1 aliphatic rings. The van der Waals surface area contributed by atoms with Gasteiger partial charge < -0.3 is 11.1 Å². The first-order chi connectivity index (χ1) is 9.16. The molecular formula is C17H20N2. The first kappa shape index (κ1) is 12.2. The molecule has 1 aliphatic heterocycles. The maximum atomic E-state index is 5.91. The normalized spacial score (nSPS) is 14.2. The number of fused-ring (bicyclic) bond motifs is 1. The molecule has 0 bridgehead atoms. The lowest BCUT2D eigenvalue weighted by Crippen LogP contribution is -2.25. The summed E-state index contributed by atoms with van der Waals surface area (Å²) in [7, 11) is 0. The largest absolute Gasteiger partial charge is 0.399 e. The number of hydrogen-bond acceptors (Lipinski definition) is 2. The van der Waals surface area contributed by atoms with Crippen LogP contribution in [0.5, 0.6) is 0 Å². The van der Waals surface area contributed by atoms with Crippen molar-refractivity contribution in [1.82, 2.24) is 5.32 Å². The third-order valence-corrected chi connectivity index (χ3v) is 4.11. The fourth-order valence-electron chi connectivity index (χ4n) is 3.06. The van der Waals surface area contributed by atoms with Crippen LogP contribution in [0.2, 0.25) is 0 Å². The third-order valence-electron chi connectivity index (χ3n) is 4.11. The van der Waals surface area contributed by atoms with Gasteiger partial charge in [0, 0.05) is 12.2 Å². The maximum Gasteiger partial charge on any atom is 0.0320 e. The van der Waals surface area contributed by atoms with Crippen molar-refractivity contribution in [2.24, 2.45) is 0 Å². The molecule has 0 aromatic heterocycles. The molecule has 2 nitrogen and oxygen atoms in total. The van der Waals surface area contributed by atoms with E-state index in [4.69, 9.17) is 5.73 Å². The van der Waals surface area contributed by atoms with Gasteiger partial charge in [-0.1, -0.05) is 18.2 Å². The summed E-state index contributed by atoms with van der Waals surface area (Å²) in [5, 5.41) is 3.46. The van der Waals surface area contributed by atoms with Crippen LogP contribution >= 0.6 is 0 Å². The molecule has 0 unspecified atom stereocenters. The van der Waals surface area contributed by atoms with Crippen molar-refractivity contribution < 1.29 is 0 Å². The van der Waals surface area contributed by atoms with E-state index in [2.05, 4.69) is 37.4 Å². The van der Waals surface area contributed by atoms with E-state index in [1.54, 1.807) is 0 Å². The molecule has 2 aromatic carbocycles. The number of anilines is 1. The van der Waals surface area contributed by atoms with Crippen LogP contribution in [0.25, 0.3) is 11.1 Å². The Bertz CT molecular complexity index is 629. The summed E-state index contributed by atoms with van der Waals surface area (Å²) in [6.45, 7) is 6.52. The lowest BCUT2D eigenvalue weighted by Gasteiger charge is -2.24. The molecule has 1 heterocycles. The van der Waals surface area contributed by atoms with E-state index in [0.717, 1.165) is 25.2 Å². The van der Waals surface area contributed by atoms with E-state index in [1.165, 1.54) is 33.4 Å².